The Labute approximate surface area is 108 Å². The Bertz CT molecular complexity index is 406. The van der Waals surface area contributed by atoms with Crippen LogP contribution in [0.2, 0.25) is 0 Å². The SMILES string of the molecule is CS(=O)(=O)NC1CCCN(C(=O)CC2CNC2)C1. The fraction of sp³-hybridized carbons (Fsp3) is 0.909. The van der Waals surface area contributed by atoms with Crippen LogP contribution in [0.25, 0.3) is 0 Å². The second-order valence-corrected chi connectivity index (χ2v) is 7.08. The number of hydrogen-bond acceptors (Lipinski definition) is 4. The van der Waals surface area contributed by atoms with E-state index >= 15 is 0 Å². The summed E-state index contributed by atoms with van der Waals surface area (Å²) in [5, 5.41) is 3.15. The third-order valence-corrected chi connectivity index (χ3v) is 4.25. The lowest BCUT2D eigenvalue weighted by Crippen LogP contribution is -2.51. The lowest BCUT2D eigenvalue weighted by molar-refractivity contribution is -0.133. The van der Waals surface area contributed by atoms with Crippen LogP contribution in [0.1, 0.15) is 19.3 Å². The second-order valence-electron chi connectivity index (χ2n) is 5.30. The molecule has 0 aromatic rings. The average Bonchev–Trinajstić information content (AvgIpc) is 2.21. The largest absolute Gasteiger partial charge is 0.341 e. The zero-order chi connectivity index (χ0) is 13.2. The van der Waals surface area contributed by atoms with Crippen molar-refractivity contribution in [3.05, 3.63) is 0 Å². The molecule has 2 rings (SSSR count). The van der Waals surface area contributed by atoms with Crippen LogP contribution in [-0.4, -0.2) is 57.7 Å². The number of amides is 1. The Morgan fingerprint density at radius 1 is 1.44 bits per heavy atom. The quantitative estimate of drug-likeness (QED) is 0.699. The number of likely N-dealkylation sites (tertiary alicyclic amines) is 1. The van der Waals surface area contributed by atoms with Crippen molar-refractivity contribution in [2.75, 3.05) is 32.4 Å². The molecule has 2 heterocycles. The van der Waals surface area contributed by atoms with Gasteiger partial charge in [-0.3, -0.25) is 4.79 Å². The maximum atomic E-state index is 12.0. The monoisotopic (exact) mass is 275 g/mol. The molecule has 7 heteroatoms. The summed E-state index contributed by atoms with van der Waals surface area (Å²) in [5.74, 6) is 0.613. The van der Waals surface area contributed by atoms with Gasteiger partial charge in [-0.1, -0.05) is 0 Å². The van der Waals surface area contributed by atoms with Gasteiger partial charge in [0.05, 0.1) is 6.26 Å². The molecule has 0 bridgehead atoms. The summed E-state index contributed by atoms with van der Waals surface area (Å²) in [7, 11) is -3.19. The molecule has 0 aromatic heterocycles. The van der Waals surface area contributed by atoms with Crippen LogP contribution in [-0.2, 0) is 14.8 Å². The molecule has 2 aliphatic rings. The summed E-state index contributed by atoms with van der Waals surface area (Å²) < 4.78 is 25.0. The van der Waals surface area contributed by atoms with Gasteiger partial charge in [0, 0.05) is 25.6 Å². The van der Waals surface area contributed by atoms with E-state index in [-0.39, 0.29) is 11.9 Å². The van der Waals surface area contributed by atoms with E-state index in [1.165, 1.54) is 0 Å². The first kappa shape index (κ1) is 13.8. The van der Waals surface area contributed by atoms with Gasteiger partial charge in [-0.2, -0.15) is 0 Å². The van der Waals surface area contributed by atoms with Gasteiger partial charge in [0.25, 0.3) is 0 Å². The van der Waals surface area contributed by atoms with Gasteiger partial charge in [0.2, 0.25) is 15.9 Å². The van der Waals surface area contributed by atoms with Crippen LogP contribution in [0.15, 0.2) is 0 Å². The van der Waals surface area contributed by atoms with Crippen LogP contribution in [0, 0.1) is 5.92 Å². The fourth-order valence-corrected chi connectivity index (χ4v) is 3.27. The average molecular weight is 275 g/mol. The van der Waals surface area contributed by atoms with Crippen molar-refractivity contribution in [2.24, 2.45) is 5.92 Å². The second kappa shape index (κ2) is 5.54. The molecule has 0 aliphatic carbocycles. The first-order valence-corrected chi connectivity index (χ1v) is 8.29. The lowest BCUT2D eigenvalue weighted by Gasteiger charge is -2.35. The molecule has 2 N–H and O–H groups in total. The number of hydrogen-bond donors (Lipinski definition) is 2. The first-order chi connectivity index (χ1) is 8.44. The van der Waals surface area contributed by atoms with E-state index in [0.717, 1.165) is 38.7 Å². The maximum Gasteiger partial charge on any atom is 0.222 e. The van der Waals surface area contributed by atoms with E-state index in [2.05, 4.69) is 10.0 Å². The zero-order valence-corrected chi connectivity index (χ0v) is 11.5. The van der Waals surface area contributed by atoms with Crippen LogP contribution >= 0.6 is 0 Å². The van der Waals surface area contributed by atoms with Gasteiger partial charge in [-0.15, -0.1) is 0 Å². The van der Waals surface area contributed by atoms with E-state index in [1.54, 1.807) is 4.90 Å². The number of carbonyl (C=O) groups is 1. The third-order valence-electron chi connectivity index (χ3n) is 3.48. The molecule has 0 spiro atoms. The minimum atomic E-state index is -3.19. The molecule has 2 aliphatic heterocycles. The molecule has 1 unspecified atom stereocenters. The summed E-state index contributed by atoms with van der Waals surface area (Å²) in [5.41, 5.74) is 0. The Balaban J connectivity index is 1.83. The van der Waals surface area contributed by atoms with Gasteiger partial charge in [-0.25, -0.2) is 13.1 Å². The predicted molar refractivity (Wildman–Crippen MR) is 68.6 cm³/mol. The van der Waals surface area contributed by atoms with E-state index < -0.39 is 10.0 Å². The zero-order valence-electron chi connectivity index (χ0n) is 10.7. The summed E-state index contributed by atoms with van der Waals surface area (Å²) in [4.78, 5) is 13.8. The van der Waals surface area contributed by atoms with Crippen molar-refractivity contribution in [1.29, 1.82) is 0 Å². The number of sulfonamides is 1. The van der Waals surface area contributed by atoms with Crippen LogP contribution in [0.3, 0.4) is 0 Å². The summed E-state index contributed by atoms with van der Waals surface area (Å²) in [6, 6.07) is -0.128. The van der Waals surface area contributed by atoms with E-state index in [4.69, 9.17) is 0 Å². The Kier molecular flexibility index (Phi) is 4.24. The molecular formula is C11H21N3O3S. The van der Waals surface area contributed by atoms with Crippen LogP contribution < -0.4 is 10.0 Å². The molecule has 0 saturated carbocycles. The fourth-order valence-electron chi connectivity index (χ4n) is 2.47. The number of rotatable bonds is 4. The van der Waals surface area contributed by atoms with Gasteiger partial charge in [0.1, 0.15) is 0 Å². The van der Waals surface area contributed by atoms with Gasteiger partial charge in [-0.05, 0) is 31.8 Å². The number of piperidine rings is 1. The summed E-state index contributed by atoms with van der Waals surface area (Å²) >= 11 is 0. The third kappa shape index (κ3) is 3.93. The minimum absolute atomic E-state index is 0.128. The van der Waals surface area contributed by atoms with Crippen molar-refractivity contribution >= 4 is 15.9 Å². The molecule has 2 saturated heterocycles. The first-order valence-electron chi connectivity index (χ1n) is 6.40. The van der Waals surface area contributed by atoms with Crippen molar-refractivity contribution in [3.8, 4) is 0 Å². The van der Waals surface area contributed by atoms with Crippen LogP contribution in [0.4, 0.5) is 0 Å². The molecule has 18 heavy (non-hydrogen) atoms. The normalized spacial score (nSPS) is 25.8. The topological polar surface area (TPSA) is 78.5 Å². The van der Waals surface area contributed by atoms with Gasteiger partial charge in [0.15, 0.2) is 0 Å². The summed E-state index contributed by atoms with van der Waals surface area (Å²) in [6.07, 6.45) is 3.41. The highest BCUT2D eigenvalue weighted by Gasteiger charge is 2.28. The van der Waals surface area contributed by atoms with Crippen LogP contribution in [0.5, 0.6) is 0 Å². The Hall–Kier alpha value is -0.660. The molecule has 1 atom stereocenters. The van der Waals surface area contributed by atoms with Gasteiger partial charge < -0.3 is 10.2 Å². The lowest BCUT2D eigenvalue weighted by atomic mass is 9.97. The molecule has 0 radical (unpaired) electrons. The minimum Gasteiger partial charge on any atom is -0.341 e. The molecule has 1 amide bonds. The van der Waals surface area contributed by atoms with E-state index in [0.29, 0.717) is 18.9 Å². The van der Waals surface area contributed by atoms with Crippen molar-refractivity contribution in [2.45, 2.75) is 25.3 Å². The molecule has 6 nitrogen and oxygen atoms in total. The highest BCUT2D eigenvalue weighted by Crippen LogP contribution is 2.15. The van der Waals surface area contributed by atoms with Crippen molar-refractivity contribution in [3.63, 3.8) is 0 Å². The van der Waals surface area contributed by atoms with E-state index in [1.807, 2.05) is 0 Å². The maximum absolute atomic E-state index is 12.0. The van der Waals surface area contributed by atoms with Crippen molar-refractivity contribution in [1.82, 2.24) is 14.9 Å². The van der Waals surface area contributed by atoms with E-state index in [9.17, 15) is 13.2 Å². The predicted octanol–water partition coefficient (Wildman–Crippen LogP) is -0.864. The smallest absolute Gasteiger partial charge is 0.222 e. The number of nitrogens with one attached hydrogen (secondary N) is 2. The molecular weight excluding hydrogens is 254 g/mol. The highest BCUT2D eigenvalue weighted by atomic mass is 32.2. The molecule has 2 fully saturated rings. The molecule has 104 valence electrons. The Morgan fingerprint density at radius 3 is 2.72 bits per heavy atom. The van der Waals surface area contributed by atoms with Crippen molar-refractivity contribution < 1.29 is 13.2 Å². The highest BCUT2D eigenvalue weighted by molar-refractivity contribution is 7.88. The standard InChI is InChI=1S/C11H21N3O3S/c1-18(16,17)13-10-3-2-4-14(8-10)11(15)5-9-6-12-7-9/h9-10,12-13H,2-8H2,1H3. The Morgan fingerprint density at radius 2 is 2.17 bits per heavy atom. The summed E-state index contributed by atoms with van der Waals surface area (Å²) in [6.45, 7) is 3.10. The number of carbonyl (C=O) groups excluding carboxylic acids is 1. The molecule has 0 aromatic carbocycles. The van der Waals surface area contributed by atoms with Gasteiger partial charge >= 0.3 is 0 Å². The number of nitrogens with zero attached hydrogens (tertiary/aromatic N) is 1.